The van der Waals surface area contributed by atoms with Gasteiger partial charge in [-0.1, -0.05) is 18.2 Å². The molecule has 3 heterocycles. The van der Waals surface area contributed by atoms with Gasteiger partial charge in [-0.3, -0.25) is 0 Å². The minimum absolute atomic E-state index is 0.228. The maximum Gasteiger partial charge on any atom is 0.0926 e. The van der Waals surface area contributed by atoms with Crippen molar-refractivity contribution in [3.63, 3.8) is 0 Å². The number of nitrogens with one attached hydrogen (secondary N) is 2. The van der Waals surface area contributed by atoms with E-state index in [0.717, 1.165) is 18.7 Å². The topological polar surface area (TPSA) is 45.6 Å². The molecular formula is C16H18N4. The second-order valence-corrected chi connectivity index (χ2v) is 5.70. The average Bonchev–Trinajstić information content (AvgIpc) is 3.06. The van der Waals surface area contributed by atoms with Crippen molar-refractivity contribution in [3.05, 3.63) is 53.7 Å². The fourth-order valence-electron chi connectivity index (χ4n) is 3.43. The summed E-state index contributed by atoms with van der Waals surface area (Å²) < 4.78 is 2.19. The number of H-pyrrole nitrogens is 1. The lowest BCUT2D eigenvalue weighted by molar-refractivity contribution is 0.405. The summed E-state index contributed by atoms with van der Waals surface area (Å²) in [7, 11) is 2.10. The monoisotopic (exact) mass is 266 g/mol. The smallest absolute Gasteiger partial charge is 0.0926 e. The van der Waals surface area contributed by atoms with Gasteiger partial charge in [0, 0.05) is 48.4 Å². The van der Waals surface area contributed by atoms with Crippen LogP contribution in [-0.2, 0) is 19.0 Å². The first-order valence-corrected chi connectivity index (χ1v) is 7.02. The molecule has 0 saturated carbocycles. The molecular weight excluding hydrogens is 248 g/mol. The van der Waals surface area contributed by atoms with Crippen molar-refractivity contribution in [3.8, 4) is 0 Å². The number of benzene rings is 1. The van der Waals surface area contributed by atoms with Gasteiger partial charge in [0.15, 0.2) is 0 Å². The van der Waals surface area contributed by atoms with Gasteiger partial charge in [0.25, 0.3) is 0 Å². The Kier molecular flexibility index (Phi) is 2.32. The van der Waals surface area contributed by atoms with Gasteiger partial charge >= 0.3 is 0 Å². The van der Waals surface area contributed by atoms with E-state index in [1.54, 1.807) is 6.33 Å². The van der Waals surface area contributed by atoms with Crippen molar-refractivity contribution in [2.45, 2.75) is 18.9 Å². The van der Waals surface area contributed by atoms with Crippen LogP contribution >= 0.6 is 0 Å². The first-order chi connectivity index (χ1) is 9.70. The Labute approximate surface area is 117 Å². The Bertz CT molecular complexity index is 783. The number of hydrogen-bond donors (Lipinski definition) is 2. The fraction of sp³-hybridized carbons (Fsp3) is 0.312. The van der Waals surface area contributed by atoms with Crippen molar-refractivity contribution in [2.24, 2.45) is 7.05 Å². The molecule has 1 atom stereocenters. The summed E-state index contributed by atoms with van der Waals surface area (Å²) in [6.07, 6.45) is 5.04. The molecule has 1 unspecified atom stereocenters. The molecule has 2 aromatic heterocycles. The van der Waals surface area contributed by atoms with E-state index in [-0.39, 0.29) is 5.54 Å². The van der Waals surface area contributed by atoms with E-state index in [2.05, 4.69) is 64.3 Å². The highest BCUT2D eigenvalue weighted by atomic mass is 15.1. The number of rotatable bonds is 1. The van der Waals surface area contributed by atoms with Gasteiger partial charge in [-0.15, -0.1) is 0 Å². The highest BCUT2D eigenvalue weighted by Crippen LogP contribution is 2.37. The Balaban J connectivity index is 2.01. The van der Waals surface area contributed by atoms with Crippen molar-refractivity contribution in [1.82, 2.24) is 19.9 Å². The van der Waals surface area contributed by atoms with E-state index in [1.165, 1.54) is 22.2 Å². The van der Waals surface area contributed by atoms with Gasteiger partial charge in [0.1, 0.15) is 0 Å². The summed E-state index contributed by atoms with van der Waals surface area (Å²) in [4.78, 5) is 7.85. The van der Waals surface area contributed by atoms with Gasteiger partial charge in [-0.2, -0.15) is 0 Å². The van der Waals surface area contributed by atoms with Crippen LogP contribution in [0.1, 0.15) is 23.9 Å². The Hall–Kier alpha value is -2.07. The zero-order valence-corrected chi connectivity index (χ0v) is 11.8. The molecule has 20 heavy (non-hydrogen) atoms. The van der Waals surface area contributed by atoms with E-state index < -0.39 is 0 Å². The van der Waals surface area contributed by atoms with Crippen LogP contribution in [0.3, 0.4) is 0 Å². The second kappa shape index (κ2) is 3.96. The number of fused-ring (bicyclic) bond motifs is 2. The summed E-state index contributed by atoms with van der Waals surface area (Å²) in [5.41, 5.74) is 4.70. The molecule has 0 amide bonds. The summed E-state index contributed by atoms with van der Waals surface area (Å²) in [6.45, 7) is 3.20. The zero-order valence-electron chi connectivity index (χ0n) is 11.8. The van der Waals surface area contributed by atoms with Crippen molar-refractivity contribution in [1.29, 1.82) is 0 Å². The molecule has 0 fully saturated rings. The normalized spacial score (nSPS) is 22.1. The molecule has 0 spiro atoms. The van der Waals surface area contributed by atoms with Crippen LogP contribution in [0, 0.1) is 0 Å². The summed E-state index contributed by atoms with van der Waals surface area (Å²) in [6, 6.07) is 8.54. The van der Waals surface area contributed by atoms with E-state index in [9.17, 15) is 0 Å². The van der Waals surface area contributed by atoms with E-state index in [0.29, 0.717) is 0 Å². The molecule has 0 saturated heterocycles. The molecule has 0 aliphatic carbocycles. The minimum Gasteiger partial charge on any atom is -0.350 e. The molecule has 4 nitrogen and oxygen atoms in total. The molecule has 1 aliphatic heterocycles. The van der Waals surface area contributed by atoms with Gasteiger partial charge in [-0.25, -0.2) is 4.98 Å². The minimum atomic E-state index is -0.228. The average molecular weight is 266 g/mol. The van der Waals surface area contributed by atoms with Gasteiger partial charge in [0.2, 0.25) is 0 Å². The number of nitrogens with zero attached hydrogens (tertiary/aromatic N) is 2. The molecule has 0 radical (unpaired) electrons. The highest BCUT2D eigenvalue weighted by molar-refractivity contribution is 5.85. The first kappa shape index (κ1) is 11.7. The lowest BCUT2D eigenvalue weighted by atomic mass is 9.84. The summed E-state index contributed by atoms with van der Waals surface area (Å²) in [5.74, 6) is 0. The molecule has 1 aromatic carbocycles. The number of aromatic nitrogens is 3. The molecule has 4 heteroatoms. The van der Waals surface area contributed by atoms with Crippen molar-refractivity contribution in [2.75, 3.05) is 6.54 Å². The van der Waals surface area contributed by atoms with E-state index >= 15 is 0 Å². The SMILES string of the molecule is Cn1cc(C2(C)NCCc3[nH]cnc32)c2ccccc21. The first-order valence-electron chi connectivity index (χ1n) is 7.02. The number of para-hydroxylation sites is 1. The van der Waals surface area contributed by atoms with Gasteiger partial charge in [-0.05, 0) is 13.0 Å². The second-order valence-electron chi connectivity index (χ2n) is 5.70. The summed E-state index contributed by atoms with van der Waals surface area (Å²) >= 11 is 0. The molecule has 3 aromatic rings. The zero-order chi connectivity index (χ0) is 13.7. The van der Waals surface area contributed by atoms with E-state index in [4.69, 9.17) is 0 Å². The molecule has 102 valence electrons. The van der Waals surface area contributed by atoms with Crippen LogP contribution in [0.4, 0.5) is 0 Å². The largest absolute Gasteiger partial charge is 0.350 e. The van der Waals surface area contributed by atoms with Crippen LogP contribution in [0.15, 0.2) is 36.8 Å². The Morgan fingerprint density at radius 1 is 1.30 bits per heavy atom. The number of hydrogen-bond acceptors (Lipinski definition) is 2. The third kappa shape index (κ3) is 1.42. The third-order valence-corrected chi connectivity index (χ3v) is 4.48. The van der Waals surface area contributed by atoms with Crippen LogP contribution in [0.2, 0.25) is 0 Å². The van der Waals surface area contributed by atoms with Gasteiger partial charge < -0.3 is 14.9 Å². The fourth-order valence-corrected chi connectivity index (χ4v) is 3.43. The van der Waals surface area contributed by atoms with Crippen molar-refractivity contribution < 1.29 is 0 Å². The highest BCUT2D eigenvalue weighted by Gasteiger charge is 2.37. The van der Waals surface area contributed by atoms with E-state index in [1.807, 2.05) is 0 Å². The lowest BCUT2D eigenvalue weighted by Crippen LogP contribution is -2.46. The van der Waals surface area contributed by atoms with Crippen LogP contribution < -0.4 is 5.32 Å². The number of aryl methyl sites for hydroxylation is 1. The number of imidazole rings is 1. The quantitative estimate of drug-likeness (QED) is 0.710. The predicted molar refractivity (Wildman–Crippen MR) is 79.7 cm³/mol. The van der Waals surface area contributed by atoms with Crippen molar-refractivity contribution >= 4 is 10.9 Å². The predicted octanol–water partition coefficient (Wildman–Crippen LogP) is 2.31. The standard InChI is InChI=1S/C16H18N4/c1-16(15-13(7-8-19-16)17-10-18-15)12-9-20(2)14-6-4-3-5-11(12)14/h3-6,9-10,19H,7-8H2,1-2H3,(H,17,18). The molecule has 4 rings (SSSR count). The lowest BCUT2D eigenvalue weighted by Gasteiger charge is -2.34. The molecule has 2 N–H and O–H groups in total. The summed E-state index contributed by atoms with van der Waals surface area (Å²) in [5, 5.41) is 4.96. The molecule has 0 bridgehead atoms. The third-order valence-electron chi connectivity index (χ3n) is 4.48. The Morgan fingerprint density at radius 3 is 3.05 bits per heavy atom. The Morgan fingerprint density at radius 2 is 2.15 bits per heavy atom. The number of aromatic amines is 1. The maximum atomic E-state index is 4.58. The maximum absolute atomic E-state index is 4.58. The van der Waals surface area contributed by atoms with Crippen LogP contribution in [0.25, 0.3) is 10.9 Å². The van der Waals surface area contributed by atoms with Crippen LogP contribution in [0.5, 0.6) is 0 Å². The molecule has 1 aliphatic rings. The van der Waals surface area contributed by atoms with Crippen LogP contribution in [-0.4, -0.2) is 21.1 Å². The van der Waals surface area contributed by atoms with Gasteiger partial charge in [0.05, 0.1) is 17.6 Å².